The van der Waals surface area contributed by atoms with Crippen LogP contribution in [0.5, 0.6) is 0 Å². The normalized spacial score (nSPS) is 46.0. The highest BCUT2D eigenvalue weighted by molar-refractivity contribution is 8.15. The van der Waals surface area contributed by atoms with Gasteiger partial charge < -0.3 is 5.32 Å². The molecule has 1 heterocycles. The smallest absolute Gasteiger partial charge is 0.0322 e. The second kappa shape index (κ2) is 1.85. The van der Waals surface area contributed by atoms with Crippen molar-refractivity contribution >= 4 is 16.4 Å². The molecule has 1 aliphatic rings. The Balaban J connectivity index is 2.40. The summed E-state index contributed by atoms with van der Waals surface area (Å²) in [6.45, 7) is 2.25. The molecule has 8 heavy (non-hydrogen) atoms. The van der Waals surface area contributed by atoms with Crippen LogP contribution in [0.4, 0.5) is 0 Å². The van der Waals surface area contributed by atoms with E-state index in [-0.39, 0.29) is 0 Å². The number of nitrogens with one attached hydrogen (secondary N) is 1. The Morgan fingerprint density at radius 1 is 1.62 bits per heavy atom. The molecule has 0 saturated carbocycles. The molecule has 1 aliphatic heterocycles. The Kier molecular flexibility index (Phi) is 1.46. The van der Waals surface area contributed by atoms with Crippen molar-refractivity contribution in [2.45, 2.75) is 12.5 Å². The van der Waals surface area contributed by atoms with Crippen LogP contribution < -0.4 is 5.32 Å². The molecule has 0 spiro atoms. The van der Waals surface area contributed by atoms with Crippen molar-refractivity contribution in [2.24, 2.45) is 0 Å². The fourth-order valence-electron chi connectivity index (χ4n) is 1.00. The Bertz CT molecular complexity index is 112. The molecule has 0 atom stereocenters. The second-order valence-corrected chi connectivity index (χ2v) is 4.51. The molecule has 1 saturated heterocycles. The van der Waals surface area contributed by atoms with Crippen molar-refractivity contribution in [1.29, 1.82) is 0 Å². The third-order valence-electron chi connectivity index (χ3n) is 1.65. The van der Waals surface area contributed by atoms with Crippen LogP contribution in [0.2, 0.25) is 0 Å². The van der Waals surface area contributed by atoms with Crippen LogP contribution in [0.15, 0.2) is 0 Å². The lowest BCUT2D eigenvalue weighted by Crippen LogP contribution is -2.52. The molecule has 0 aliphatic carbocycles. The van der Waals surface area contributed by atoms with Crippen molar-refractivity contribution in [3.05, 3.63) is 0 Å². The van der Waals surface area contributed by atoms with E-state index < -0.39 is 0 Å². The van der Waals surface area contributed by atoms with E-state index in [2.05, 4.69) is 18.1 Å². The van der Waals surface area contributed by atoms with Crippen LogP contribution in [-0.2, 0) is 0 Å². The summed E-state index contributed by atoms with van der Waals surface area (Å²) >= 11 is 0. The van der Waals surface area contributed by atoms with Gasteiger partial charge in [0.1, 0.15) is 0 Å². The number of hydrogen-bond donors (Lipinski definition) is 1. The van der Waals surface area contributed by atoms with Crippen LogP contribution >= 0.6 is 10.5 Å². The molecular weight excluding hydrogens is 118 g/mol. The van der Waals surface area contributed by atoms with Crippen LogP contribution in [0.1, 0.15) is 6.92 Å². The lowest BCUT2D eigenvalue weighted by molar-refractivity contribution is 0.462. The van der Waals surface area contributed by atoms with Gasteiger partial charge in [-0.2, -0.15) is 10.5 Å². The molecule has 0 aromatic carbocycles. The molecular formula is C6H13NS. The number of hydrogen-bond acceptors (Lipinski definition) is 1. The first-order valence-corrected chi connectivity index (χ1v) is 4.56. The summed E-state index contributed by atoms with van der Waals surface area (Å²) in [4.78, 5) is 0. The van der Waals surface area contributed by atoms with Crippen molar-refractivity contribution in [3.63, 3.8) is 0 Å². The van der Waals surface area contributed by atoms with E-state index in [1.165, 1.54) is 11.5 Å². The zero-order valence-electron chi connectivity index (χ0n) is 5.53. The number of rotatable bonds is 1. The van der Waals surface area contributed by atoms with E-state index in [0.29, 0.717) is 16.0 Å². The van der Waals surface area contributed by atoms with Crippen LogP contribution in [0, 0.1) is 0 Å². The largest absolute Gasteiger partial charge is 0.313 e. The average molecular weight is 131 g/mol. The molecule has 1 nitrogen and oxygen atoms in total. The van der Waals surface area contributed by atoms with Gasteiger partial charge in [-0.15, -0.1) is 0 Å². The molecule has 0 aromatic heterocycles. The molecule has 2 heteroatoms. The van der Waals surface area contributed by atoms with Gasteiger partial charge in [0.25, 0.3) is 0 Å². The summed E-state index contributed by atoms with van der Waals surface area (Å²) in [5, 5.41) is 3.28. The summed E-state index contributed by atoms with van der Waals surface area (Å²) in [5.41, 5.74) is 0.435. The first-order chi connectivity index (χ1) is 3.66. The van der Waals surface area contributed by atoms with Gasteiger partial charge in [-0.3, -0.25) is 0 Å². The highest BCUT2D eigenvalue weighted by Gasteiger charge is 2.31. The second-order valence-electron chi connectivity index (χ2n) is 2.71. The predicted molar refractivity (Wildman–Crippen MR) is 41.9 cm³/mol. The van der Waals surface area contributed by atoms with Crippen LogP contribution in [0.3, 0.4) is 0 Å². The summed E-state index contributed by atoms with van der Waals surface area (Å²) in [6.07, 6.45) is 0. The molecule has 0 bridgehead atoms. The highest BCUT2D eigenvalue weighted by Crippen LogP contribution is 2.33. The maximum atomic E-state index is 3.97. The Hall–Kier alpha value is 0.180. The SMILES string of the molecule is C=S1CC(C)(NC)C1. The molecule has 0 radical (unpaired) electrons. The summed E-state index contributed by atoms with van der Waals surface area (Å²) in [7, 11) is 2.50. The van der Waals surface area contributed by atoms with Crippen molar-refractivity contribution < 1.29 is 0 Å². The summed E-state index contributed by atoms with van der Waals surface area (Å²) < 4.78 is 0. The fraction of sp³-hybridized carbons (Fsp3) is 0.833. The van der Waals surface area contributed by atoms with Gasteiger partial charge in [0.15, 0.2) is 0 Å². The van der Waals surface area contributed by atoms with Gasteiger partial charge in [0.2, 0.25) is 0 Å². The van der Waals surface area contributed by atoms with E-state index in [4.69, 9.17) is 0 Å². The monoisotopic (exact) mass is 131 g/mol. The molecule has 0 aromatic rings. The van der Waals surface area contributed by atoms with Gasteiger partial charge in [-0.1, -0.05) is 5.87 Å². The van der Waals surface area contributed by atoms with E-state index >= 15 is 0 Å². The molecule has 48 valence electrons. The Labute approximate surface area is 53.4 Å². The zero-order valence-corrected chi connectivity index (χ0v) is 6.35. The summed E-state index contributed by atoms with van der Waals surface area (Å²) in [6, 6.07) is 0. The van der Waals surface area contributed by atoms with Gasteiger partial charge in [-0.25, -0.2) is 0 Å². The first kappa shape index (κ1) is 6.30. The molecule has 1 N–H and O–H groups in total. The molecule has 0 amide bonds. The van der Waals surface area contributed by atoms with E-state index in [9.17, 15) is 0 Å². The topological polar surface area (TPSA) is 12.0 Å². The minimum absolute atomic E-state index is 0.435. The quantitative estimate of drug-likeness (QED) is 0.516. The minimum atomic E-state index is 0.435. The third kappa shape index (κ3) is 0.955. The molecule has 1 fully saturated rings. The molecule has 1 rings (SSSR count). The minimum Gasteiger partial charge on any atom is -0.313 e. The van der Waals surface area contributed by atoms with E-state index in [1.807, 2.05) is 7.05 Å². The lowest BCUT2D eigenvalue weighted by Gasteiger charge is -2.40. The van der Waals surface area contributed by atoms with Gasteiger partial charge >= 0.3 is 0 Å². The molecule has 0 unspecified atom stereocenters. The maximum absolute atomic E-state index is 3.97. The van der Waals surface area contributed by atoms with Crippen molar-refractivity contribution in [3.8, 4) is 0 Å². The summed E-state index contributed by atoms with van der Waals surface area (Å²) in [5.74, 6) is 6.51. The van der Waals surface area contributed by atoms with Crippen molar-refractivity contribution in [2.75, 3.05) is 18.6 Å². The zero-order chi connectivity index (χ0) is 6.20. The predicted octanol–water partition coefficient (Wildman–Crippen LogP) is 0.679. The first-order valence-electron chi connectivity index (χ1n) is 2.82. The van der Waals surface area contributed by atoms with Crippen molar-refractivity contribution in [1.82, 2.24) is 5.32 Å². The van der Waals surface area contributed by atoms with E-state index in [0.717, 1.165) is 0 Å². The van der Waals surface area contributed by atoms with Gasteiger partial charge in [0.05, 0.1) is 0 Å². The van der Waals surface area contributed by atoms with Gasteiger partial charge in [0, 0.05) is 17.0 Å². The average Bonchev–Trinajstić information content (AvgIpc) is 1.63. The Morgan fingerprint density at radius 2 is 2.12 bits per heavy atom. The standard InChI is InChI=1S/C6H13NS/c1-6(7-2)4-8(3)5-6/h7H,3-5H2,1-2H3. The van der Waals surface area contributed by atoms with Crippen LogP contribution in [0.25, 0.3) is 0 Å². The fourth-order valence-corrected chi connectivity index (χ4v) is 3.01. The lowest BCUT2D eigenvalue weighted by atomic mass is 10.1. The maximum Gasteiger partial charge on any atom is 0.0322 e. The van der Waals surface area contributed by atoms with Crippen LogP contribution in [-0.4, -0.2) is 30.0 Å². The highest BCUT2D eigenvalue weighted by atomic mass is 32.2. The van der Waals surface area contributed by atoms with E-state index in [1.54, 1.807) is 0 Å². The van der Waals surface area contributed by atoms with Gasteiger partial charge in [-0.05, 0) is 14.0 Å². The Morgan fingerprint density at radius 3 is 2.25 bits per heavy atom. The third-order valence-corrected chi connectivity index (χ3v) is 3.74.